The third-order valence-electron chi connectivity index (χ3n) is 4.38. The van der Waals surface area contributed by atoms with Crippen molar-refractivity contribution in [3.63, 3.8) is 0 Å². The number of para-hydroxylation sites is 1. The van der Waals surface area contributed by atoms with E-state index in [4.69, 9.17) is 4.74 Å². The number of rotatable bonds is 5. The summed E-state index contributed by atoms with van der Waals surface area (Å²) in [5.41, 5.74) is 1.18. The Morgan fingerprint density at radius 3 is 2.19 bits per heavy atom. The Hall–Kier alpha value is -2.54. The predicted molar refractivity (Wildman–Crippen MR) is 89.8 cm³/mol. The van der Waals surface area contributed by atoms with Crippen LogP contribution in [0.2, 0.25) is 0 Å². The molecule has 1 aliphatic rings. The van der Waals surface area contributed by atoms with Crippen molar-refractivity contribution in [3.8, 4) is 0 Å². The highest BCUT2D eigenvalue weighted by Crippen LogP contribution is 2.36. The van der Waals surface area contributed by atoms with Crippen molar-refractivity contribution < 1.29 is 27.8 Å². The lowest BCUT2D eigenvalue weighted by Crippen LogP contribution is -2.52. The van der Waals surface area contributed by atoms with Crippen LogP contribution in [0, 0.1) is 0 Å². The van der Waals surface area contributed by atoms with Crippen molar-refractivity contribution in [2.45, 2.75) is 37.3 Å². The summed E-state index contributed by atoms with van der Waals surface area (Å²) in [6, 6.07) is 15.6. The van der Waals surface area contributed by atoms with E-state index in [0.717, 1.165) is 10.5 Å². The van der Waals surface area contributed by atoms with Gasteiger partial charge in [-0.1, -0.05) is 48.5 Å². The lowest BCUT2D eigenvalue weighted by Gasteiger charge is -2.30. The number of carbonyl (C=O) groups is 1. The van der Waals surface area contributed by atoms with E-state index in [1.165, 1.54) is 12.1 Å². The van der Waals surface area contributed by atoms with Gasteiger partial charge in [0.25, 0.3) is 0 Å². The van der Waals surface area contributed by atoms with Crippen LogP contribution in [0.1, 0.15) is 12.0 Å². The molecule has 26 heavy (non-hydrogen) atoms. The fourth-order valence-corrected chi connectivity index (χ4v) is 3.13. The van der Waals surface area contributed by atoms with Gasteiger partial charge in [0, 0.05) is 5.69 Å². The monoisotopic (exact) mass is 365 g/mol. The maximum absolute atomic E-state index is 13.2. The first-order valence-electron chi connectivity index (χ1n) is 8.21. The molecule has 1 aliphatic heterocycles. The summed E-state index contributed by atoms with van der Waals surface area (Å²) in [5, 5.41) is 9.90. The Kier molecular flexibility index (Phi) is 5.18. The normalized spacial score (nSPS) is 21.5. The summed E-state index contributed by atoms with van der Waals surface area (Å²) >= 11 is 0. The summed E-state index contributed by atoms with van der Waals surface area (Å²) in [6.07, 6.45) is -8.91. The predicted octanol–water partition coefficient (Wildman–Crippen LogP) is 3.94. The lowest BCUT2D eigenvalue weighted by atomic mass is 9.97. The van der Waals surface area contributed by atoms with Crippen molar-refractivity contribution >= 4 is 11.8 Å². The number of nitrogens with zero attached hydrogens (tertiary/aromatic N) is 1. The number of amides is 1. The van der Waals surface area contributed by atoms with Crippen LogP contribution in [0.5, 0.6) is 0 Å². The van der Waals surface area contributed by atoms with Crippen LogP contribution in [0.4, 0.5) is 23.7 Å². The molecule has 0 unspecified atom stereocenters. The zero-order valence-electron chi connectivity index (χ0n) is 13.8. The molecule has 4 nitrogen and oxygen atoms in total. The molecule has 2 aromatic rings. The average Bonchev–Trinajstić information content (AvgIpc) is 2.96. The zero-order chi connectivity index (χ0) is 18.7. The number of anilines is 1. The number of aryl methyl sites for hydroxylation is 1. The highest BCUT2D eigenvalue weighted by Gasteiger charge is 2.55. The summed E-state index contributed by atoms with van der Waals surface area (Å²) in [7, 11) is 0. The highest BCUT2D eigenvalue weighted by atomic mass is 19.4. The molecule has 0 spiro atoms. The van der Waals surface area contributed by atoms with Crippen LogP contribution in [0.15, 0.2) is 60.7 Å². The van der Waals surface area contributed by atoms with Crippen molar-refractivity contribution in [1.82, 2.24) is 0 Å². The molecule has 3 rings (SSSR count). The Morgan fingerprint density at radius 1 is 1.04 bits per heavy atom. The van der Waals surface area contributed by atoms with Gasteiger partial charge in [-0.2, -0.15) is 13.2 Å². The largest absolute Gasteiger partial charge is 0.443 e. The minimum Gasteiger partial charge on any atom is -0.443 e. The number of hydrogen-bond acceptors (Lipinski definition) is 3. The first kappa shape index (κ1) is 18.3. The van der Waals surface area contributed by atoms with Gasteiger partial charge in [0.2, 0.25) is 0 Å². The maximum atomic E-state index is 13.2. The molecule has 1 heterocycles. The third-order valence-corrected chi connectivity index (χ3v) is 4.38. The number of benzene rings is 2. The summed E-state index contributed by atoms with van der Waals surface area (Å²) in [6.45, 7) is 0. The summed E-state index contributed by atoms with van der Waals surface area (Å²) in [4.78, 5) is 13.2. The van der Waals surface area contributed by atoms with E-state index < -0.39 is 30.5 Å². The fraction of sp³-hybridized carbons (Fsp3) is 0.316. The van der Waals surface area contributed by atoms with Crippen LogP contribution >= 0.6 is 0 Å². The van der Waals surface area contributed by atoms with E-state index >= 15 is 0 Å². The number of aliphatic hydroxyl groups excluding tert-OH is 1. The molecule has 1 saturated heterocycles. The van der Waals surface area contributed by atoms with Gasteiger partial charge < -0.3 is 9.84 Å². The number of alkyl halides is 3. The van der Waals surface area contributed by atoms with Crippen LogP contribution in [-0.2, 0) is 11.2 Å². The standard InChI is InChI=1S/C19H18F3NO3/c20-19(21,22)17(24)16-15(12-11-13-7-3-1-4-8-13)26-18(25)23(16)14-9-5-2-6-10-14/h1-10,15-17,24H,11-12H2/t15-,16+,17+/m1/s1. The smallest absolute Gasteiger partial charge is 0.416 e. The molecule has 0 bridgehead atoms. The molecular weight excluding hydrogens is 347 g/mol. The molecule has 7 heteroatoms. The van der Waals surface area contributed by atoms with Gasteiger partial charge in [-0.05, 0) is 30.5 Å². The van der Waals surface area contributed by atoms with E-state index in [1.807, 2.05) is 30.3 Å². The molecule has 0 saturated carbocycles. The minimum absolute atomic E-state index is 0.177. The molecule has 0 aliphatic carbocycles. The molecule has 3 atom stereocenters. The van der Waals surface area contributed by atoms with E-state index in [9.17, 15) is 23.1 Å². The molecule has 1 amide bonds. The first-order chi connectivity index (χ1) is 12.4. The summed E-state index contributed by atoms with van der Waals surface area (Å²) in [5.74, 6) is 0. The Balaban J connectivity index is 1.86. The quantitative estimate of drug-likeness (QED) is 0.873. The lowest BCUT2D eigenvalue weighted by molar-refractivity contribution is -0.212. The van der Waals surface area contributed by atoms with Crippen LogP contribution < -0.4 is 4.90 Å². The number of aliphatic hydroxyl groups is 1. The third kappa shape index (κ3) is 3.83. The molecule has 1 fully saturated rings. The fourth-order valence-electron chi connectivity index (χ4n) is 3.13. The second-order valence-electron chi connectivity index (χ2n) is 6.13. The number of halogens is 3. The maximum Gasteiger partial charge on any atom is 0.416 e. The van der Waals surface area contributed by atoms with Gasteiger partial charge in [-0.15, -0.1) is 0 Å². The molecule has 0 aromatic heterocycles. The highest BCUT2D eigenvalue weighted by molar-refractivity contribution is 5.90. The molecule has 138 valence electrons. The van der Waals surface area contributed by atoms with Crippen LogP contribution in [-0.4, -0.2) is 35.6 Å². The van der Waals surface area contributed by atoms with Crippen LogP contribution in [0.25, 0.3) is 0 Å². The van der Waals surface area contributed by atoms with E-state index in [-0.39, 0.29) is 12.1 Å². The number of cyclic esters (lactones) is 1. The Labute approximate surface area is 148 Å². The van der Waals surface area contributed by atoms with Crippen molar-refractivity contribution in [2.75, 3.05) is 4.90 Å². The second kappa shape index (κ2) is 7.37. The first-order valence-corrected chi connectivity index (χ1v) is 8.21. The van der Waals surface area contributed by atoms with Gasteiger partial charge in [0.05, 0.1) is 0 Å². The number of carbonyl (C=O) groups excluding carboxylic acids is 1. The summed E-state index contributed by atoms with van der Waals surface area (Å²) < 4.78 is 44.8. The van der Waals surface area contributed by atoms with Crippen molar-refractivity contribution in [2.24, 2.45) is 0 Å². The van der Waals surface area contributed by atoms with Gasteiger partial charge in [0.15, 0.2) is 6.10 Å². The Morgan fingerprint density at radius 2 is 1.62 bits per heavy atom. The van der Waals surface area contributed by atoms with Crippen molar-refractivity contribution in [3.05, 3.63) is 66.2 Å². The SMILES string of the molecule is O=C1O[C@H](CCc2ccccc2)[C@@H]([C@H](O)C(F)(F)F)N1c1ccccc1. The van der Waals surface area contributed by atoms with Crippen molar-refractivity contribution in [1.29, 1.82) is 0 Å². The molecule has 1 N–H and O–H groups in total. The molecular formula is C19H18F3NO3. The Bertz CT molecular complexity index is 737. The van der Waals surface area contributed by atoms with Gasteiger partial charge in [-0.25, -0.2) is 4.79 Å². The van der Waals surface area contributed by atoms with E-state index in [1.54, 1.807) is 18.2 Å². The molecule has 2 aromatic carbocycles. The van der Waals surface area contributed by atoms with Gasteiger partial charge in [-0.3, -0.25) is 4.90 Å². The average molecular weight is 365 g/mol. The van der Waals surface area contributed by atoms with Gasteiger partial charge in [0.1, 0.15) is 12.1 Å². The second-order valence-corrected chi connectivity index (χ2v) is 6.13. The van der Waals surface area contributed by atoms with E-state index in [2.05, 4.69) is 0 Å². The van der Waals surface area contributed by atoms with Gasteiger partial charge >= 0.3 is 12.3 Å². The number of hydrogen-bond donors (Lipinski definition) is 1. The minimum atomic E-state index is -4.86. The van der Waals surface area contributed by atoms with Crippen LogP contribution in [0.3, 0.4) is 0 Å². The zero-order valence-corrected chi connectivity index (χ0v) is 13.8. The topological polar surface area (TPSA) is 49.8 Å². The van der Waals surface area contributed by atoms with E-state index in [0.29, 0.717) is 6.42 Å². The number of ether oxygens (including phenoxy) is 1. The molecule has 0 radical (unpaired) electrons.